The van der Waals surface area contributed by atoms with Gasteiger partial charge in [-0.15, -0.1) is 61.9 Å². The predicted octanol–water partition coefficient (Wildman–Crippen LogP) is 6.27. The van der Waals surface area contributed by atoms with Gasteiger partial charge in [-0.1, -0.05) is 12.1 Å². The fourth-order valence-electron chi connectivity index (χ4n) is 1.64. The Bertz CT molecular complexity index is 586. The van der Waals surface area contributed by atoms with Crippen LogP contribution in [0.25, 0.3) is 0 Å². The summed E-state index contributed by atoms with van der Waals surface area (Å²) in [6.45, 7) is 9.39. The molecule has 0 unspecified atom stereocenters. The van der Waals surface area contributed by atoms with Gasteiger partial charge in [0.25, 0.3) is 0 Å². The van der Waals surface area contributed by atoms with Crippen LogP contribution < -0.4 is 0 Å². The fourth-order valence-corrected chi connectivity index (χ4v) is 1.64. The standard InChI is InChI=1S/2C7H7.2C5H5.2ClH.H2Si.Zr/c2*1-7-5-3-2-4-6-7;2*1-2-4-5-3-1;;;;/h2*2-6H,1H2;2*1-3H,4H2;2*1H;1H2;/q4*-1;;;;. The van der Waals surface area contributed by atoms with Crippen LogP contribution in [-0.4, -0.2) is 6.88 Å². The van der Waals surface area contributed by atoms with E-state index in [4.69, 9.17) is 0 Å². The molecule has 4 heteroatoms. The van der Waals surface area contributed by atoms with Crippen LogP contribution in [0.4, 0.5) is 0 Å². The van der Waals surface area contributed by atoms with Gasteiger partial charge in [0.15, 0.2) is 0 Å². The van der Waals surface area contributed by atoms with Crippen molar-refractivity contribution < 1.29 is 23.3 Å². The molecule has 28 heavy (non-hydrogen) atoms. The Morgan fingerprint density at radius 2 is 0.964 bits per heavy atom. The summed E-state index contributed by atoms with van der Waals surface area (Å²) in [7, 11) is 0. The van der Waals surface area contributed by atoms with E-state index in [1.807, 2.05) is 91.8 Å². The van der Waals surface area contributed by atoms with Crippen LogP contribution in [0.2, 0.25) is 0 Å². The van der Waals surface area contributed by atoms with Crippen LogP contribution in [0.3, 0.4) is 0 Å². The van der Waals surface area contributed by atoms with Gasteiger partial charge in [-0.2, -0.15) is 61.4 Å². The zero-order valence-corrected chi connectivity index (χ0v) is 21.6. The van der Waals surface area contributed by atoms with Crippen LogP contribution in [0.5, 0.6) is 0 Å². The van der Waals surface area contributed by atoms with Crippen molar-refractivity contribution in [1.29, 1.82) is 0 Å². The number of allylic oxidation sites excluding steroid dienone is 8. The van der Waals surface area contributed by atoms with E-state index in [2.05, 4.69) is 38.2 Å². The van der Waals surface area contributed by atoms with Crippen molar-refractivity contribution in [2.75, 3.05) is 0 Å². The van der Waals surface area contributed by atoms with E-state index in [-0.39, 0.29) is 24.8 Å². The number of rotatable bonds is 0. The van der Waals surface area contributed by atoms with Crippen molar-refractivity contribution in [3.05, 3.63) is 134 Å². The van der Waals surface area contributed by atoms with Crippen molar-refractivity contribution >= 4 is 31.7 Å². The van der Waals surface area contributed by atoms with E-state index in [0.717, 1.165) is 24.0 Å². The molecule has 0 heterocycles. The Labute approximate surface area is 200 Å². The Kier molecular flexibility index (Phi) is 29.1. The van der Waals surface area contributed by atoms with Crippen molar-refractivity contribution in [1.82, 2.24) is 0 Å². The molecular formula is C24H28Cl2SiZr-4. The Morgan fingerprint density at radius 1 is 0.643 bits per heavy atom. The van der Waals surface area contributed by atoms with Crippen molar-refractivity contribution in [2.24, 2.45) is 0 Å². The number of hydrogen-bond donors (Lipinski definition) is 0. The molecule has 0 atom stereocenters. The topological polar surface area (TPSA) is 0 Å². The van der Waals surface area contributed by atoms with Crippen LogP contribution in [0, 0.1) is 26.0 Å². The third-order valence-electron chi connectivity index (χ3n) is 2.86. The molecule has 0 N–H and O–H groups in total. The van der Waals surface area contributed by atoms with Gasteiger partial charge in [0, 0.05) is 0 Å². The second kappa shape index (κ2) is 25.8. The van der Waals surface area contributed by atoms with Crippen molar-refractivity contribution in [2.45, 2.75) is 12.8 Å². The molecule has 0 saturated carbocycles. The Hall–Kier alpha value is -1.18. The Balaban J connectivity index is -0.000000285. The van der Waals surface area contributed by atoms with Gasteiger partial charge in [0.05, 0.1) is 0 Å². The first-order chi connectivity index (χ1) is 12.8. The molecule has 0 bridgehead atoms. The molecule has 2 aromatic carbocycles. The Morgan fingerprint density at radius 3 is 1.07 bits per heavy atom. The number of hydrogen-bond acceptors (Lipinski definition) is 0. The van der Waals surface area contributed by atoms with Crippen LogP contribution in [0.15, 0.2) is 97.1 Å². The zero-order valence-electron chi connectivity index (χ0n) is 16.1. The van der Waals surface area contributed by atoms with Crippen LogP contribution >= 0.6 is 24.8 Å². The SMILES string of the molecule is Cl.Cl.[C-]1=CC=CC1.[C-]1=CC=CC1.[CH2-]c1ccccc1.[CH2-]c1ccccc1.[SiH2]=[Zr]. The summed E-state index contributed by atoms with van der Waals surface area (Å²) in [4.78, 5) is 0. The summed E-state index contributed by atoms with van der Waals surface area (Å²) >= 11 is 1.58. The fraction of sp³-hybridized carbons (Fsp3) is 0.0833. The second-order valence-corrected chi connectivity index (χ2v) is 4.98. The third-order valence-corrected chi connectivity index (χ3v) is 2.86. The molecule has 2 aliphatic rings. The number of benzene rings is 2. The molecule has 2 aromatic rings. The maximum absolute atomic E-state index is 3.72. The summed E-state index contributed by atoms with van der Waals surface area (Å²) in [5.41, 5.74) is 2.14. The van der Waals surface area contributed by atoms with Gasteiger partial charge >= 0.3 is 30.2 Å². The molecule has 0 fully saturated rings. The van der Waals surface area contributed by atoms with Gasteiger partial charge < -0.3 is 0 Å². The monoisotopic (exact) mass is 504 g/mol. The minimum absolute atomic E-state index is 0. The molecule has 150 valence electrons. The number of halogens is 2. The summed E-state index contributed by atoms with van der Waals surface area (Å²) in [6, 6.07) is 19.7. The van der Waals surface area contributed by atoms with E-state index < -0.39 is 0 Å². The zero-order chi connectivity index (χ0) is 19.3. The molecule has 4 rings (SSSR count). The van der Waals surface area contributed by atoms with Crippen LogP contribution in [0.1, 0.15) is 24.0 Å². The minimum atomic E-state index is 0. The molecular weight excluding hydrogens is 478 g/mol. The quantitative estimate of drug-likeness (QED) is 0.292. The first kappa shape index (κ1) is 31.5. The van der Waals surface area contributed by atoms with E-state index in [1.165, 1.54) is 0 Å². The summed E-state index contributed by atoms with van der Waals surface area (Å²) in [6.07, 6.45) is 20.0. The molecule has 0 saturated heterocycles. The average molecular weight is 507 g/mol. The van der Waals surface area contributed by atoms with E-state index in [1.54, 1.807) is 23.3 Å². The van der Waals surface area contributed by atoms with E-state index in [0.29, 0.717) is 0 Å². The van der Waals surface area contributed by atoms with Gasteiger partial charge in [0.1, 0.15) is 0 Å². The van der Waals surface area contributed by atoms with E-state index in [9.17, 15) is 0 Å². The molecule has 0 amide bonds. The molecule has 0 aliphatic heterocycles. The summed E-state index contributed by atoms with van der Waals surface area (Å²) in [5, 5.41) is 0. The molecule has 0 nitrogen and oxygen atoms in total. The van der Waals surface area contributed by atoms with Gasteiger partial charge in [-0.3, -0.25) is 12.2 Å². The third kappa shape index (κ3) is 22.9. The molecule has 0 aromatic heterocycles. The predicted molar refractivity (Wildman–Crippen MR) is 128 cm³/mol. The van der Waals surface area contributed by atoms with Gasteiger partial charge in [-0.25, -0.2) is 24.3 Å². The summed E-state index contributed by atoms with van der Waals surface area (Å²) < 4.78 is 0. The van der Waals surface area contributed by atoms with Crippen molar-refractivity contribution in [3.63, 3.8) is 0 Å². The van der Waals surface area contributed by atoms with Crippen molar-refractivity contribution in [3.8, 4) is 0 Å². The average Bonchev–Trinajstić information content (AvgIpc) is 3.44. The van der Waals surface area contributed by atoms with Gasteiger partial charge in [0.2, 0.25) is 0 Å². The first-order valence-electron chi connectivity index (χ1n) is 8.32. The summed E-state index contributed by atoms with van der Waals surface area (Å²) in [5.74, 6) is 0. The van der Waals surface area contributed by atoms with Gasteiger partial charge in [-0.05, 0) is 0 Å². The maximum atomic E-state index is 3.72. The second-order valence-electron chi connectivity index (χ2n) is 4.98. The molecule has 0 spiro atoms. The molecule has 0 radical (unpaired) electrons. The van der Waals surface area contributed by atoms with Crippen LogP contribution in [-0.2, 0) is 23.3 Å². The van der Waals surface area contributed by atoms with E-state index >= 15 is 0 Å². The first-order valence-corrected chi connectivity index (χ1v) is 14.2. The normalized spacial score (nSPS) is 10.7. The molecule has 2 aliphatic carbocycles.